The number of nitrogens with zero attached hydrogens (tertiary/aromatic N) is 1. The molecule has 1 aliphatic heterocycles. The van der Waals surface area contributed by atoms with Crippen molar-refractivity contribution in [1.29, 1.82) is 0 Å². The third-order valence-corrected chi connectivity index (χ3v) is 1.86. The molecule has 3 nitrogen and oxygen atoms in total. The molecule has 0 atom stereocenters. The summed E-state index contributed by atoms with van der Waals surface area (Å²) in [6.45, 7) is 5.86. The van der Waals surface area contributed by atoms with Gasteiger partial charge in [-0.2, -0.15) is 0 Å². The molecule has 74 valence electrons. The van der Waals surface area contributed by atoms with E-state index in [-0.39, 0.29) is 7.46 Å². The van der Waals surface area contributed by atoms with E-state index >= 15 is 0 Å². The topological polar surface area (TPSA) is 32.3 Å². The third-order valence-electron chi connectivity index (χ3n) is 1.86. The van der Waals surface area contributed by atoms with Crippen LogP contribution in [-0.4, -0.2) is 31.1 Å². The second kappa shape index (κ2) is 6.95. The number of carbonyl (C=O) groups is 1. The Hall–Kier alpha value is -0.730. The van der Waals surface area contributed by atoms with Crippen molar-refractivity contribution >= 4 is 6.03 Å². The van der Waals surface area contributed by atoms with Gasteiger partial charge in [-0.15, -0.1) is 0 Å². The molecule has 3 heteroatoms. The molecule has 2 amide bonds. The zero-order valence-electron chi connectivity index (χ0n) is 8.39. The number of hydrogen-bond donors (Lipinski definition) is 1. The first kappa shape index (κ1) is 11.3. The van der Waals surface area contributed by atoms with E-state index in [2.05, 4.69) is 5.32 Å². The van der Waals surface area contributed by atoms with Crippen LogP contribution in [0.4, 0.5) is 4.79 Å². The molecule has 1 heterocycles. The van der Waals surface area contributed by atoms with Crippen LogP contribution in [0, 0.1) is 0 Å². The summed E-state index contributed by atoms with van der Waals surface area (Å²) in [4.78, 5) is 12.8. The van der Waals surface area contributed by atoms with Gasteiger partial charge in [-0.3, -0.25) is 0 Å². The fourth-order valence-electron chi connectivity index (χ4n) is 1.26. The van der Waals surface area contributed by atoms with Gasteiger partial charge in [-0.05, 0) is 19.3 Å². The van der Waals surface area contributed by atoms with E-state index in [1.165, 1.54) is 6.42 Å². The van der Waals surface area contributed by atoms with E-state index in [0.717, 1.165) is 25.9 Å². The van der Waals surface area contributed by atoms with Crippen molar-refractivity contribution in [2.45, 2.75) is 33.1 Å². The van der Waals surface area contributed by atoms with Crippen LogP contribution in [0.1, 0.15) is 34.5 Å². The molecule has 0 spiro atoms. The molecule has 0 radical (unpaired) electrons. The molecule has 1 saturated heterocycles. The summed E-state index contributed by atoms with van der Waals surface area (Å²) in [6, 6.07) is 0.0692. The van der Waals surface area contributed by atoms with Crippen LogP contribution in [0.5, 0.6) is 0 Å². The molecule has 12 heavy (non-hydrogen) atoms. The zero-order chi connectivity index (χ0) is 9.40. The summed E-state index contributed by atoms with van der Waals surface area (Å²) in [5, 5.41) is 2.62. The molecule has 0 aromatic heterocycles. The van der Waals surface area contributed by atoms with Crippen LogP contribution in [0.15, 0.2) is 0 Å². The van der Waals surface area contributed by atoms with Crippen molar-refractivity contribution in [3.8, 4) is 0 Å². The van der Waals surface area contributed by atoms with Crippen LogP contribution in [0.2, 0.25) is 0 Å². The minimum Gasteiger partial charge on any atom is -0.341 e. The number of hydrogen-bond acceptors (Lipinski definition) is 1. The van der Waals surface area contributed by atoms with Gasteiger partial charge in [0.15, 0.2) is 0 Å². The van der Waals surface area contributed by atoms with Gasteiger partial charge in [-0.25, -0.2) is 4.79 Å². The number of amides is 2. The Balaban J connectivity index is 0. The SMILES string of the molecule is CC.CNC(=O)N1CCCCC1.[HH]. The summed E-state index contributed by atoms with van der Waals surface area (Å²) < 4.78 is 0. The summed E-state index contributed by atoms with van der Waals surface area (Å²) in [6.07, 6.45) is 3.59. The van der Waals surface area contributed by atoms with Crippen LogP contribution < -0.4 is 5.32 Å². The first-order valence-corrected chi connectivity index (χ1v) is 4.81. The van der Waals surface area contributed by atoms with E-state index in [4.69, 9.17) is 0 Å². The molecule has 1 N–H and O–H groups in total. The van der Waals surface area contributed by atoms with Crippen molar-refractivity contribution in [3.05, 3.63) is 0 Å². The van der Waals surface area contributed by atoms with Gasteiger partial charge >= 0.3 is 6.03 Å². The fraction of sp³-hybridized carbons (Fsp3) is 0.889. The highest BCUT2D eigenvalue weighted by molar-refractivity contribution is 5.73. The van der Waals surface area contributed by atoms with Crippen molar-refractivity contribution in [2.75, 3.05) is 20.1 Å². The van der Waals surface area contributed by atoms with Crippen molar-refractivity contribution in [1.82, 2.24) is 10.2 Å². The summed E-state index contributed by atoms with van der Waals surface area (Å²) in [5.41, 5.74) is 0. The Bertz CT molecular complexity index is 125. The molecule has 0 unspecified atom stereocenters. The normalized spacial score (nSPS) is 16.1. The molecular formula is C9H22N2O. The van der Waals surface area contributed by atoms with Gasteiger partial charge < -0.3 is 10.2 Å². The van der Waals surface area contributed by atoms with E-state index in [0.29, 0.717) is 0 Å². The molecule has 1 fully saturated rings. The number of urea groups is 1. The average Bonchev–Trinajstić information content (AvgIpc) is 2.21. The number of carbonyl (C=O) groups excluding carboxylic acids is 1. The molecule has 0 bridgehead atoms. The molecule has 1 rings (SSSR count). The number of nitrogens with one attached hydrogen (secondary N) is 1. The third kappa shape index (κ3) is 3.60. The van der Waals surface area contributed by atoms with Gasteiger partial charge in [-0.1, -0.05) is 13.8 Å². The molecule has 0 aromatic rings. The van der Waals surface area contributed by atoms with Crippen LogP contribution in [0.25, 0.3) is 0 Å². The lowest BCUT2D eigenvalue weighted by Crippen LogP contribution is -2.41. The van der Waals surface area contributed by atoms with E-state index in [1.807, 2.05) is 18.7 Å². The maximum Gasteiger partial charge on any atom is 0.317 e. The molecule has 0 saturated carbocycles. The highest BCUT2D eigenvalue weighted by atomic mass is 16.2. The molecular weight excluding hydrogens is 152 g/mol. The van der Waals surface area contributed by atoms with Crippen molar-refractivity contribution < 1.29 is 6.22 Å². The molecule has 0 aromatic carbocycles. The number of rotatable bonds is 0. The Morgan fingerprint density at radius 3 is 2.17 bits per heavy atom. The predicted molar refractivity (Wildman–Crippen MR) is 53.3 cm³/mol. The van der Waals surface area contributed by atoms with Crippen molar-refractivity contribution in [3.63, 3.8) is 0 Å². The summed E-state index contributed by atoms with van der Waals surface area (Å²) in [5.74, 6) is 0. The number of piperidine rings is 1. The Kier molecular flexibility index (Phi) is 6.53. The minimum atomic E-state index is 0. The average molecular weight is 174 g/mol. The fourth-order valence-corrected chi connectivity index (χ4v) is 1.26. The Labute approximate surface area is 76.6 Å². The standard InChI is InChI=1S/C7H14N2O.C2H6.H2/c1-8-7(10)9-5-3-2-4-6-9;1-2;/h2-6H2,1H3,(H,8,10);1-2H3;1H. The predicted octanol–water partition coefficient (Wildman–Crippen LogP) is 2.08. The molecule has 1 aliphatic rings. The highest BCUT2D eigenvalue weighted by Gasteiger charge is 2.13. The maximum absolute atomic E-state index is 11.0. The lowest BCUT2D eigenvalue weighted by Gasteiger charge is -2.25. The van der Waals surface area contributed by atoms with Crippen LogP contribution in [-0.2, 0) is 0 Å². The zero-order valence-corrected chi connectivity index (χ0v) is 8.39. The van der Waals surface area contributed by atoms with Gasteiger partial charge in [0.1, 0.15) is 0 Å². The second-order valence-corrected chi connectivity index (χ2v) is 2.60. The van der Waals surface area contributed by atoms with Crippen LogP contribution >= 0.6 is 0 Å². The first-order valence-electron chi connectivity index (χ1n) is 4.81. The Morgan fingerprint density at radius 1 is 1.25 bits per heavy atom. The maximum atomic E-state index is 11.0. The van der Waals surface area contributed by atoms with Gasteiger partial charge in [0.25, 0.3) is 0 Å². The lowest BCUT2D eigenvalue weighted by atomic mass is 10.1. The van der Waals surface area contributed by atoms with Gasteiger partial charge in [0.2, 0.25) is 0 Å². The molecule has 0 aliphatic carbocycles. The first-order chi connectivity index (χ1) is 5.84. The van der Waals surface area contributed by atoms with E-state index < -0.39 is 0 Å². The Morgan fingerprint density at radius 2 is 1.75 bits per heavy atom. The second-order valence-electron chi connectivity index (χ2n) is 2.60. The summed E-state index contributed by atoms with van der Waals surface area (Å²) >= 11 is 0. The summed E-state index contributed by atoms with van der Waals surface area (Å²) in [7, 11) is 1.68. The van der Waals surface area contributed by atoms with E-state index in [9.17, 15) is 4.79 Å². The quantitative estimate of drug-likeness (QED) is 0.599. The van der Waals surface area contributed by atoms with Crippen LogP contribution in [0.3, 0.4) is 0 Å². The van der Waals surface area contributed by atoms with Crippen molar-refractivity contribution in [2.24, 2.45) is 0 Å². The highest BCUT2D eigenvalue weighted by Crippen LogP contribution is 2.07. The smallest absolute Gasteiger partial charge is 0.317 e. The van der Waals surface area contributed by atoms with E-state index in [1.54, 1.807) is 7.05 Å². The monoisotopic (exact) mass is 174 g/mol. The number of likely N-dealkylation sites (tertiary alicyclic amines) is 1. The van der Waals surface area contributed by atoms with Gasteiger partial charge in [0.05, 0.1) is 0 Å². The lowest BCUT2D eigenvalue weighted by molar-refractivity contribution is 0.188. The minimum absolute atomic E-state index is 0. The largest absolute Gasteiger partial charge is 0.341 e. The van der Waals surface area contributed by atoms with Gasteiger partial charge in [0, 0.05) is 21.6 Å².